The number of thioether (sulfide) groups is 1. The second-order valence-corrected chi connectivity index (χ2v) is 7.86. The third-order valence-corrected chi connectivity index (χ3v) is 5.68. The normalized spacial score (nSPS) is 11.2. The summed E-state index contributed by atoms with van der Waals surface area (Å²) in [5.41, 5.74) is 3.47. The van der Waals surface area contributed by atoms with Crippen molar-refractivity contribution in [3.05, 3.63) is 77.0 Å². The predicted octanol–water partition coefficient (Wildman–Crippen LogP) is 4.66. The van der Waals surface area contributed by atoms with Crippen molar-refractivity contribution < 1.29 is 9.26 Å². The molecule has 0 bridgehead atoms. The molecule has 32 heavy (non-hydrogen) atoms. The first-order valence-corrected chi connectivity index (χ1v) is 11.1. The first-order chi connectivity index (χ1) is 15.7. The highest BCUT2D eigenvalue weighted by Crippen LogP contribution is 2.30. The summed E-state index contributed by atoms with van der Waals surface area (Å²) < 4.78 is 11.1. The molecule has 0 spiro atoms. The highest BCUT2D eigenvalue weighted by Gasteiger charge is 2.15. The third-order valence-electron chi connectivity index (χ3n) is 4.83. The number of benzene rings is 2. The van der Waals surface area contributed by atoms with E-state index in [1.54, 1.807) is 6.20 Å². The topological polar surface area (TPSA) is 110 Å². The van der Waals surface area contributed by atoms with E-state index >= 15 is 0 Å². The Balaban J connectivity index is 1.39. The summed E-state index contributed by atoms with van der Waals surface area (Å²) in [4.78, 5) is 27.5. The van der Waals surface area contributed by atoms with Crippen LogP contribution in [0.4, 0.5) is 0 Å². The standard InChI is InChI=1S/C23H19N5O3S/c1-2-30-17-11-7-6-10-15(17)21-25-18(31-28-21)13-32-23-26-19-16(14-8-4-3-5-9-14)12-24-20(19)22(29)27-23/h3-12,24H,2,13H2,1H3,(H,26,27,29). The number of nitrogens with one attached hydrogen (secondary N) is 2. The van der Waals surface area contributed by atoms with Gasteiger partial charge in [0, 0.05) is 11.8 Å². The van der Waals surface area contributed by atoms with Crippen molar-refractivity contribution in [2.75, 3.05) is 6.61 Å². The molecule has 3 aromatic heterocycles. The van der Waals surface area contributed by atoms with E-state index in [-0.39, 0.29) is 5.56 Å². The number of ether oxygens (including phenoxy) is 1. The van der Waals surface area contributed by atoms with Crippen LogP contribution in [0.2, 0.25) is 0 Å². The van der Waals surface area contributed by atoms with Crippen molar-refractivity contribution in [1.82, 2.24) is 25.1 Å². The van der Waals surface area contributed by atoms with E-state index in [1.807, 2.05) is 61.5 Å². The van der Waals surface area contributed by atoms with Gasteiger partial charge in [-0.05, 0) is 24.6 Å². The van der Waals surface area contributed by atoms with Crippen molar-refractivity contribution in [1.29, 1.82) is 0 Å². The molecule has 0 unspecified atom stereocenters. The highest BCUT2D eigenvalue weighted by molar-refractivity contribution is 7.98. The zero-order valence-corrected chi connectivity index (χ0v) is 18.0. The van der Waals surface area contributed by atoms with Crippen molar-refractivity contribution in [3.63, 3.8) is 0 Å². The van der Waals surface area contributed by atoms with Gasteiger partial charge >= 0.3 is 0 Å². The molecule has 3 heterocycles. The predicted molar refractivity (Wildman–Crippen MR) is 123 cm³/mol. The molecule has 0 radical (unpaired) electrons. The van der Waals surface area contributed by atoms with E-state index < -0.39 is 0 Å². The van der Waals surface area contributed by atoms with Gasteiger partial charge in [0.2, 0.25) is 11.7 Å². The molecule has 160 valence electrons. The summed E-state index contributed by atoms with van der Waals surface area (Å²) in [5.74, 6) is 1.95. The maximum Gasteiger partial charge on any atom is 0.275 e. The molecule has 9 heteroatoms. The smallest absolute Gasteiger partial charge is 0.275 e. The van der Waals surface area contributed by atoms with Crippen LogP contribution in [0.15, 0.2) is 75.3 Å². The SMILES string of the molecule is CCOc1ccccc1-c1noc(CSc2nc3c(-c4ccccc4)c[nH]c3c(=O)[nH]2)n1. The van der Waals surface area contributed by atoms with Crippen molar-refractivity contribution in [3.8, 4) is 28.3 Å². The van der Waals surface area contributed by atoms with Gasteiger partial charge in [0.1, 0.15) is 16.8 Å². The van der Waals surface area contributed by atoms with E-state index in [0.29, 0.717) is 46.0 Å². The molecule has 0 aliphatic rings. The van der Waals surface area contributed by atoms with Crippen LogP contribution in [0.3, 0.4) is 0 Å². The first kappa shape index (κ1) is 20.1. The lowest BCUT2D eigenvalue weighted by Crippen LogP contribution is -2.09. The Morgan fingerprint density at radius 3 is 2.69 bits per heavy atom. The summed E-state index contributed by atoms with van der Waals surface area (Å²) in [6, 6.07) is 17.4. The minimum atomic E-state index is -0.225. The second kappa shape index (κ2) is 8.72. The monoisotopic (exact) mass is 445 g/mol. The fraction of sp³-hybridized carbons (Fsp3) is 0.130. The number of hydrogen-bond donors (Lipinski definition) is 2. The number of hydrogen-bond acceptors (Lipinski definition) is 7. The molecule has 0 fully saturated rings. The Morgan fingerprint density at radius 1 is 1.03 bits per heavy atom. The van der Waals surface area contributed by atoms with Crippen LogP contribution >= 0.6 is 11.8 Å². The fourth-order valence-corrected chi connectivity index (χ4v) is 4.08. The molecule has 5 aromatic rings. The van der Waals surface area contributed by atoms with Crippen molar-refractivity contribution in [2.45, 2.75) is 17.8 Å². The Morgan fingerprint density at radius 2 is 1.84 bits per heavy atom. The lowest BCUT2D eigenvalue weighted by atomic mass is 10.1. The number of rotatable bonds is 7. The van der Waals surface area contributed by atoms with E-state index in [9.17, 15) is 4.79 Å². The Hall–Kier alpha value is -3.85. The molecular formula is C23H19N5O3S. The molecule has 0 atom stereocenters. The Labute approximate surface area is 187 Å². The molecule has 2 N–H and O–H groups in total. The lowest BCUT2D eigenvalue weighted by molar-refractivity contribution is 0.341. The molecule has 0 aliphatic heterocycles. The largest absolute Gasteiger partial charge is 0.493 e. The van der Waals surface area contributed by atoms with Gasteiger partial charge in [-0.15, -0.1) is 0 Å². The fourth-order valence-electron chi connectivity index (χ4n) is 3.39. The Kier molecular flexibility index (Phi) is 5.47. The van der Waals surface area contributed by atoms with E-state index in [1.165, 1.54) is 11.8 Å². The maximum absolute atomic E-state index is 12.5. The average molecular weight is 446 g/mol. The third kappa shape index (κ3) is 3.90. The zero-order valence-electron chi connectivity index (χ0n) is 17.2. The number of fused-ring (bicyclic) bond motifs is 1. The van der Waals surface area contributed by atoms with Crippen LogP contribution in [-0.2, 0) is 5.75 Å². The van der Waals surface area contributed by atoms with Gasteiger partial charge in [0.25, 0.3) is 5.56 Å². The molecular weight excluding hydrogens is 426 g/mol. The number of para-hydroxylation sites is 1. The second-order valence-electron chi connectivity index (χ2n) is 6.89. The molecule has 0 amide bonds. The molecule has 2 aromatic carbocycles. The van der Waals surface area contributed by atoms with Crippen LogP contribution in [0.5, 0.6) is 5.75 Å². The van der Waals surface area contributed by atoms with Gasteiger partial charge < -0.3 is 14.2 Å². The van der Waals surface area contributed by atoms with E-state index in [2.05, 4.69) is 25.1 Å². The maximum atomic E-state index is 12.5. The Bertz CT molecular complexity index is 1420. The zero-order chi connectivity index (χ0) is 21.9. The summed E-state index contributed by atoms with van der Waals surface area (Å²) in [7, 11) is 0. The first-order valence-electron chi connectivity index (χ1n) is 10.1. The molecule has 0 saturated carbocycles. The van der Waals surface area contributed by atoms with Crippen molar-refractivity contribution >= 4 is 22.8 Å². The lowest BCUT2D eigenvalue weighted by Gasteiger charge is -2.05. The van der Waals surface area contributed by atoms with Gasteiger partial charge in [0.05, 0.1) is 17.9 Å². The summed E-state index contributed by atoms with van der Waals surface area (Å²) >= 11 is 1.32. The van der Waals surface area contributed by atoms with Gasteiger partial charge in [-0.1, -0.05) is 59.4 Å². The minimum Gasteiger partial charge on any atom is -0.493 e. The van der Waals surface area contributed by atoms with Crippen LogP contribution in [0.1, 0.15) is 12.8 Å². The van der Waals surface area contributed by atoms with Gasteiger partial charge in [-0.2, -0.15) is 4.98 Å². The average Bonchev–Trinajstić information content (AvgIpc) is 3.46. The number of aromatic amines is 2. The van der Waals surface area contributed by atoms with Crippen LogP contribution < -0.4 is 10.3 Å². The highest BCUT2D eigenvalue weighted by atomic mass is 32.2. The van der Waals surface area contributed by atoms with Gasteiger partial charge in [0.15, 0.2) is 5.16 Å². The van der Waals surface area contributed by atoms with Crippen LogP contribution in [-0.4, -0.2) is 31.7 Å². The molecule has 0 aliphatic carbocycles. The number of aromatic nitrogens is 5. The van der Waals surface area contributed by atoms with E-state index in [4.69, 9.17) is 9.26 Å². The molecule has 8 nitrogen and oxygen atoms in total. The quantitative estimate of drug-likeness (QED) is 0.277. The molecule has 0 saturated heterocycles. The number of nitrogens with zero attached hydrogens (tertiary/aromatic N) is 3. The van der Waals surface area contributed by atoms with Gasteiger partial charge in [-0.25, -0.2) is 4.98 Å². The van der Waals surface area contributed by atoms with E-state index in [0.717, 1.165) is 16.7 Å². The summed E-state index contributed by atoms with van der Waals surface area (Å²) in [5, 5.41) is 4.56. The van der Waals surface area contributed by atoms with Gasteiger partial charge in [-0.3, -0.25) is 9.78 Å². The minimum absolute atomic E-state index is 0.225. The van der Waals surface area contributed by atoms with Crippen molar-refractivity contribution in [2.24, 2.45) is 0 Å². The number of H-pyrrole nitrogens is 2. The summed E-state index contributed by atoms with van der Waals surface area (Å²) in [6.07, 6.45) is 1.80. The van der Waals surface area contributed by atoms with Crippen LogP contribution in [0, 0.1) is 0 Å². The van der Waals surface area contributed by atoms with Crippen LogP contribution in [0.25, 0.3) is 33.5 Å². The summed E-state index contributed by atoms with van der Waals surface area (Å²) in [6.45, 7) is 2.47. The molecule has 5 rings (SSSR count).